The Labute approximate surface area is 125 Å². The van der Waals surface area contributed by atoms with Gasteiger partial charge in [0, 0.05) is 38.8 Å². The lowest BCUT2D eigenvalue weighted by Gasteiger charge is -2.39. The second-order valence-electron chi connectivity index (χ2n) is 5.73. The Kier molecular flexibility index (Phi) is 5.41. The summed E-state index contributed by atoms with van der Waals surface area (Å²) in [4.78, 5) is 26.7. The molecule has 1 atom stereocenters. The maximum Gasteiger partial charge on any atom is 0.320 e. The van der Waals surface area contributed by atoms with Crippen molar-refractivity contribution in [3.8, 4) is 0 Å². The lowest BCUT2D eigenvalue weighted by Crippen LogP contribution is -2.58. The molecule has 1 aliphatic carbocycles. The summed E-state index contributed by atoms with van der Waals surface area (Å²) in [6.45, 7) is 6.73. The highest BCUT2D eigenvalue weighted by Gasteiger charge is 2.33. The number of hydrogen-bond donors (Lipinski definition) is 2. The summed E-state index contributed by atoms with van der Waals surface area (Å²) in [5, 5.41) is 12.0. The van der Waals surface area contributed by atoms with E-state index in [-0.39, 0.29) is 18.2 Å². The average Bonchev–Trinajstić information content (AvgIpc) is 2.44. The molecule has 1 saturated heterocycles. The van der Waals surface area contributed by atoms with Crippen molar-refractivity contribution in [2.45, 2.75) is 44.9 Å². The molecule has 0 bridgehead atoms. The Balaban J connectivity index is 1.68. The molecular weight excluding hydrogens is 274 g/mol. The summed E-state index contributed by atoms with van der Waals surface area (Å²) in [7, 11) is 0. The largest absolute Gasteiger partial charge is 0.480 e. The van der Waals surface area contributed by atoms with Crippen LogP contribution in [-0.2, 0) is 9.53 Å². The molecule has 1 saturated carbocycles. The molecule has 21 heavy (non-hydrogen) atoms. The van der Waals surface area contributed by atoms with E-state index in [1.807, 2.05) is 11.8 Å². The lowest BCUT2D eigenvalue weighted by molar-refractivity contribution is -0.143. The first-order valence-electron chi connectivity index (χ1n) is 7.65. The molecule has 7 heteroatoms. The van der Waals surface area contributed by atoms with E-state index in [0.29, 0.717) is 26.2 Å². The quantitative estimate of drug-likeness (QED) is 0.766. The number of rotatable bonds is 5. The van der Waals surface area contributed by atoms with Gasteiger partial charge in [0.2, 0.25) is 0 Å². The third-order valence-electron chi connectivity index (χ3n) is 4.33. The number of amides is 2. The van der Waals surface area contributed by atoms with Gasteiger partial charge in [0.25, 0.3) is 0 Å². The molecule has 0 spiro atoms. The normalized spacial score (nSPS) is 27.8. The number of ether oxygens (including phenoxy) is 1. The molecule has 0 aromatic rings. The maximum absolute atomic E-state index is 12.1. The van der Waals surface area contributed by atoms with Crippen molar-refractivity contribution >= 4 is 12.0 Å². The van der Waals surface area contributed by atoms with Crippen LogP contribution in [0.25, 0.3) is 0 Å². The van der Waals surface area contributed by atoms with Crippen molar-refractivity contribution in [1.29, 1.82) is 0 Å². The van der Waals surface area contributed by atoms with Gasteiger partial charge in [-0.05, 0) is 26.7 Å². The first kappa shape index (κ1) is 16.0. The van der Waals surface area contributed by atoms with E-state index in [2.05, 4.69) is 5.32 Å². The van der Waals surface area contributed by atoms with Crippen molar-refractivity contribution in [2.75, 3.05) is 32.8 Å². The van der Waals surface area contributed by atoms with Gasteiger partial charge in [-0.25, -0.2) is 4.79 Å². The number of urea groups is 1. The Morgan fingerprint density at radius 1 is 1.29 bits per heavy atom. The lowest BCUT2D eigenvalue weighted by atomic mass is 9.89. The molecule has 2 amide bonds. The molecule has 0 aromatic heterocycles. The molecule has 2 N–H and O–H groups in total. The average molecular weight is 299 g/mol. The molecule has 0 radical (unpaired) electrons. The second-order valence-corrected chi connectivity index (χ2v) is 5.73. The smallest absolute Gasteiger partial charge is 0.320 e. The highest BCUT2D eigenvalue weighted by Crippen LogP contribution is 2.23. The van der Waals surface area contributed by atoms with E-state index < -0.39 is 12.0 Å². The molecule has 2 fully saturated rings. The summed E-state index contributed by atoms with van der Waals surface area (Å²) in [6.07, 6.45) is 2.05. The molecule has 120 valence electrons. The zero-order valence-corrected chi connectivity index (χ0v) is 12.7. The van der Waals surface area contributed by atoms with Gasteiger partial charge in [0.1, 0.15) is 6.04 Å². The van der Waals surface area contributed by atoms with Crippen LogP contribution in [0.4, 0.5) is 4.79 Å². The number of aliphatic carboxylic acids is 1. The predicted octanol–water partition coefficient (Wildman–Crippen LogP) is 0.354. The van der Waals surface area contributed by atoms with Gasteiger partial charge in [-0.15, -0.1) is 0 Å². The molecular formula is C14H25N3O4. The standard InChI is InChI=1S/C14H25N3O4/c1-3-21-12-8-11(9-12)15-14(20)17-6-4-16(5-7-17)10(2)13(18)19/h10-12H,3-9H2,1-2H3,(H,15,20)(H,18,19). The Morgan fingerprint density at radius 2 is 1.90 bits per heavy atom. The van der Waals surface area contributed by atoms with Crippen LogP contribution in [0.2, 0.25) is 0 Å². The van der Waals surface area contributed by atoms with E-state index in [1.165, 1.54) is 0 Å². The van der Waals surface area contributed by atoms with E-state index in [0.717, 1.165) is 19.4 Å². The summed E-state index contributed by atoms with van der Waals surface area (Å²) in [5.74, 6) is -0.815. The van der Waals surface area contributed by atoms with Gasteiger partial charge >= 0.3 is 12.0 Å². The fourth-order valence-electron chi connectivity index (χ4n) is 2.79. The highest BCUT2D eigenvalue weighted by molar-refractivity contribution is 5.75. The van der Waals surface area contributed by atoms with Crippen LogP contribution in [0.5, 0.6) is 0 Å². The second kappa shape index (κ2) is 7.09. The zero-order chi connectivity index (χ0) is 15.4. The molecule has 1 unspecified atom stereocenters. The number of carbonyl (C=O) groups is 2. The van der Waals surface area contributed by atoms with Crippen LogP contribution in [0, 0.1) is 0 Å². The number of carbonyl (C=O) groups excluding carboxylic acids is 1. The fraction of sp³-hybridized carbons (Fsp3) is 0.857. The van der Waals surface area contributed by atoms with Gasteiger partial charge in [-0.3, -0.25) is 9.69 Å². The summed E-state index contributed by atoms with van der Waals surface area (Å²) in [6, 6.07) is -0.323. The van der Waals surface area contributed by atoms with Crippen LogP contribution in [0.1, 0.15) is 26.7 Å². The third kappa shape index (κ3) is 4.07. The van der Waals surface area contributed by atoms with Crippen molar-refractivity contribution in [2.24, 2.45) is 0 Å². The minimum absolute atomic E-state index is 0.0439. The Morgan fingerprint density at radius 3 is 2.43 bits per heavy atom. The topological polar surface area (TPSA) is 82.1 Å². The van der Waals surface area contributed by atoms with E-state index >= 15 is 0 Å². The number of nitrogens with one attached hydrogen (secondary N) is 1. The van der Waals surface area contributed by atoms with Crippen LogP contribution in [0.15, 0.2) is 0 Å². The van der Waals surface area contributed by atoms with E-state index in [1.54, 1.807) is 11.8 Å². The SMILES string of the molecule is CCOC1CC(NC(=O)N2CCN(C(C)C(=O)O)CC2)C1. The van der Waals surface area contributed by atoms with Gasteiger partial charge in [0.15, 0.2) is 0 Å². The highest BCUT2D eigenvalue weighted by atomic mass is 16.5. The monoisotopic (exact) mass is 299 g/mol. The molecule has 2 aliphatic rings. The van der Waals surface area contributed by atoms with Gasteiger partial charge in [-0.2, -0.15) is 0 Å². The Bertz CT molecular complexity index is 376. The molecule has 1 aliphatic heterocycles. The third-order valence-corrected chi connectivity index (χ3v) is 4.33. The minimum Gasteiger partial charge on any atom is -0.480 e. The first-order chi connectivity index (χ1) is 10.0. The van der Waals surface area contributed by atoms with Gasteiger partial charge in [0.05, 0.1) is 6.10 Å². The van der Waals surface area contributed by atoms with Crippen molar-refractivity contribution in [3.63, 3.8) is 0 Å². The van der Waals surface area contributed by atoms with Crippen molar-refractivity contribution in [1.82, 2.24) is 15.1 Å². The van der Waals surface area contributed by atoms with Crippen LogP contribution in [-0.4, -0.2) is 77.9 Å². The molecule has 1 heterocycles. The van der Waals surface area contributed by atoms with Crippen LogP contribution in [0.3, 0.4) is 0 Å². The number of nitrogens with zero attached hydrogens (tertiary/aromatic N) is 2. The van der Waals surface area contributed by atoms with E-state index in [4.69, 9.17) is 9.84 Å². The zero-order valence-electron chi connectivity index (χ0n) is 12.7. The van der Waals surface area contributed by atoms with E-state index in [9.17, 15) is 9.59 Å². The Hall–Kier alpha value is -1.34. The fourth-order valence-corrected chi connectivity index (χ4v) is 2.79. The van der Waals surface area contributed by atoms with Crippen LogP contribution >= 0.6 is 0 Å². The molecule has 7 nitrogen and oxygen atoms in total. The van der Waals surface area contributed by atoms with Gasteiger partial charge in [-0.1, -0.05) is 0 Å². The summed E-state index contributed by atoms with van der Waals surface area (Å²) >= 11 is 0. The summed E-state index contributed by atoms with van der Waals surface area (Å²) < 4.78 is 5.47. The van der Waals surface area contributed by atoms with Gasteiger partial charge < -0.3 is 20.1 Å². The van der Waals surface area contributed by atoms with Crippen molar-refractivity contribution < 1.29 is 19.4 Å². The molecule has 2 rings (SSSR count). The number of carboxylic acid groups (broad SMARTS) is 1. The minimum atomic E-state index is -0.815. The maximum atomic E-state index is 12.1. The number of hydrogen-bond acceptors (Lipinski definition) is 4. The summed E-state index contributed by atoms with van der Waals surface area (Å²) in [5.41, 5.74) is 0. The number of piperazine rings is 1. The van der Waals surface area contributed by atoms with Crippen molar-refractivity contribution in [3.05, 3.63) is 0 Å². The predicted molar refractivity (Wildman–Crippen MR) is 77.2 cm³/mol. The molecule has 0 aromatic carbocycles. The van der Waals surface area contributed by atoms with Crippen LogP contribution < -0.4 is 5.32 Å². The first-order valence-corrected chi connectivity index (χ1v) is 7.65. The number of carboxylic acids is 1.